The van der Waals surface area contributed by atoms with Crippen molar-refractivity contribution in [3.8, 4) is 5.75 Å². The number of ether oxygens (including phenoxy) is 1. The summed E-state index contributed by atoms with van der Waals surface area (Å²) in [6, 6.07) is 4.17. The highest BCUT2D eigenvalue weighted by molar-refractivity contribution is 9.10. The van der Waals surface area contributed by atoms with E-state index in [1.54, 1.807) is 13.3 Å². The van der Waals surface area contributed by atoms with Gasteiger partial charge in [-0.2, -0.15) is 0 Å². The van der Waals surface area contributed by atoms with Gasteiger partial charge >= 0.3 is 0 Å². The first-order valence-corrected chi connectivity index (χ1v) is 6.91. The first kappa shape index (κ1) is 14.1. The van der Waals surface area contributed by atoms with Crippen LogP contribution in [0.4, 0.5) is 0 Å². The number of methoxy groups -OCH3 is 1. The fraction of sp³-hybridized carbons (Fsp3) is 0.357. The third-order valence-electron chi connectivity index (χ3n) is 3.19. The van der Waals surface area contributed by atoms with Gasteiger partial charge in [0, 0.05) is 12.1 Å². The summed E-state index contributed by atoms with van der Waals surface area (Å²) in [6.45, 7) is 4.60. The summed E-state index contributed by atoms with van der Waals surface area (Å²) in [7, 11) is 1.68. The minimum absolute atomic E-state index is 0.00171. The van der Waals surface area contributed by atoms with Gasteiger partial charge in [-0.25, -0.2) is 4.98 Å². The van der Waals surface area contributed by atoms with Crippen molar-refractivity contribution in [3.63, 3.8) is 0 Å². The molecule has 0 amide bonds. The maximum Gasteiger partial charge on any atom is 0.123 e. The molecular formula is C14H18BrN3O. The molecule has 0 aliphatic rings. The van der Waals surface area contributed by atoms with Gasteiger partial charge in [-0.3, -0.25) is 0 Å². The predicted molar refractivity (Wildman–Crippen MR) is 79.7 cm³/mol. The zero-order valence-corrected chi connectivity index (χ0v) is 12.9. The van der Waals surface area contributed by atoms with Crippen LogP contribution in [0.3, 0.4) is 0 Å². The van der Waals surface area contributed by atoms with Gasteiger partial charge in [0.1, 0.15) is 16.2 Å². The zero-order valence-electron chi connectivity index (χ0n) is 11.3. The van der Waals surface area contributed by atoms with Crippen molar-refractivity contribution in [2.75, 3.05) is 13.7 Å². The van der Waals surface area contributed by atoms with E-state index in [2.05, 4.69) is 45.8 Å². The second-order valence-corrected chi connectivity index (χ2v) is 5.46. The third-order valence-corrected chi connectivity index (χ3v) is 3.59. The summed E-state index contributed by atoms with van der Waals surface area (Å²) in [4.78, 5) is 7.55. The maximum absolute atomic E-state index is 5.95. The van der Waals surface area contributed by atoms with Crippen LogP contribution in [0.5, 0.6) is 5.75 Å². The molecule has 0 bridgehead atoms. The quantitative estimate of drug-likeness (QED) is 0.909. The number of nitrogens with one attached hydrogen (secondary N) is 1. The molecule has 2 aromatic rings. The summed E-state index contributed by atoms with van der Waals surface area (Å²) >= 11 is 3.38. The van der Waals surface area contributed by atoms with E-state index in [9.17, 15) is 0 Å². The molecule has 1 aromatic heterocycles. The number of aromatic amines is 1. The Labute approximate surface area is 121 Å². The molecular weight excluding hydrogens is 306 g/mol. The second kappa shape index (κ2) is 5.75. The highest BCUT2D eigenvalue weighted by atomic mass is 79.9. The Hall–Kier alpha value is -1.33. The molecule has 1 atom stereocenters. The van der Waals surface area contributed by atoms with E-state index in [1.807, 2.05) is 6.07 Å². The van der Waals surface area contributed by atoms with Crippen LogP contribution in [0.1, 0.15) is 28.4 Å². The first-order chi connectivity index (χ1) is 9.06. The number of H-pyrrole nitrogens is 1. The largest absolute Gasteiger partial charge is 0.496 e. The summed E-state index contributed by atoms with van der Waals surface area (Å²) < 4.78 is 6.36. The van der Waals surface area contributed by atoms with Crippen LogP contribution >= 0.6 is 15.9 Å². The number of hydrogen-bond acceptors (Lipinski definition) is 3. The lowest BCUT2D eigenvalue weighted by Crippen LogP contribution is -2.17. The number of halogens is 1. The molecule has 0 aliphatic heterocycles. The standard InChI is InChI=1S/C14H18BrN3O/c1-8-4-9(2)13(11(5-8)19-3)10(6-16)14-17-7-12(15)18-14/h4-5,7,10H,6,16H2,1-3H3,(H,17,18). The Kier molecular flexibility index (Phi) is 4.27. The molecule has 3 N–H and O–H groups in total. The smallest absolute Gasteiger partial charge is 0.123 e. The van der Waals surface area contributed by atoms with Crippen LogP contribution in [-0.4, -0.2) is 23.6 Å². The molecule has 1 heterocycles. The Morgan fingerprint density at radius 1 is 1.42 bits per heavy atom. The van der Waals surface area contributed by atoms with Crippen molar-refractivity contribution in [3.05, 3.63) is 45.4 Å². The van der Waals surface area contributed by atoms with Gasteiger partial charge in [-0.1, -0.05) is 6.07 Å². The number of aryl methyl sites for hydroxylation is 2. The molecule has 1 aromatic carbocycles. The van der Waals surface area contributed by atoms with Crippen molar-refractivity contribution in [1.29, 1.82) is 0 Å². The average molecular weight is 324 g/mol. The minimum atomic E-state index is 0.00171. The van der Waals surface area contributed by atoms with E-state index in [0.717, 1.165) is 21.7 Å². The number of nitrogens with two attached hydrogens (primary N) is 1. The fourth-order valence-electron chi connectivity index (χ4n) is 2.41. The summed E-state index contributed by atoms with van der Waals surface area (Å²) in [5.41, 5.74) is 9.38. The average Bonchev–Trinajstić information content (AvgIpc) is 2.78. The van der Waals surface area contributed by atoms with Crippen LogP contribution in [0.15, 0.2) is 22.9 Å². The molecule has 0 saturated heterocycles. The maximum atomic E-state index is 5.95. The number of benzene rings is 1. The number of rotatable bonds is 4. The molecule has 0 fully saturated rings. The number of imidazole rings is 1. The van der Waals surface area contributed by atoms with Crippen molar-refractivity contribution in [2.24, 2.45) is 5.73 Å². The van der Waals surface area contributed by atoms with E-state index in [-0.39, 0.29) is 5.92 Å². The van der Waals surface area contributed by atoms with E-state index < -0.39 is 0 Å². The molecule has 0 aliphatic carbocycles. The molecule has 102 valence electrons. The Morgan fingerprint density at radius 3 is 2.68 bits per heavy atom. The van der Waals surface area contributed by atoms with Crippen LogP contribution in [0, 0.1) is 13.8 Å². The first-order valence-electron chi connectivity index (χ1n) is 6.12. The van der Waals surface area contributed by atoms with Gasteiger partial charge in [-0.15, -0.1) is 0 Å². The highest BCUT2D eigenvalue weighted by Gasteiger charge is 2.22. The van der Waals surface area contributed by atoms with Crippen LogP contribution < -0.4 is 10.5 Å². The molecule has 1 unspecified atom stereocenters. The van der Waals surface area contributed by atoms with E-state index in [4.69, 9.17) is 10.5 Å². The SMILES string of the molecule is COc1cc(C)cc(C)c1C(CN)c1ncc(Br)[nH]1. The molecule has 4 nitrogen and oxygen atoms in total. The summed E-state index contributed by atoms with van der Waals surface area (Å²) in [5.74, 6) is 1.71. The molecule has 2 rings (SSSR count). The molecule has 0 saturated carbocycles. The fourth-order valence-corrected chi connectivity index (χ4v) is 2.72. The molecule has 0 radical (unpaired) electrons. The van der Waals surface area contributed by atoms with Crippen LogP contribution in [-0.2, 0) is 0 Å². The third kappa shape index (κ3) is 2.82. The normalized spacial score (nSPS) is 12.5. The lowest BCUT2D eigenvalue weighted by atomic mass is 9.92. The van der Waals surface area contributed by atoms with Crippen molar-refractivity contribution < 1.29 is 4.74 Å². The Morgan fingerprint density at radius 2 is 2.16 bits per heavy atom. The summed E-state index contributed by atoms with van der Waals surface area (Å²) in [6.07, 6.45) is 1.74. The van der Waals surface area contributed by atoms with E-state index in [1.165, 1.54) is 11.1 Å². The van der Waals surface area contributed by atoms with Crippen LogP contribution in [0.25, 0.3) is 0 Å². The number of aromatic nitrogens is 2. The highest BCUT2D eigenvalue weighted by Crippen LogP contribution is 2.34. The van der Waals surface area contributed by atoms with Crippen molar-refractivity contribution in [1.82, 2.24) is 9.97 Å². The van der Waals surface area contributed by atoms with Crippen LogP contribution in [0.2, 0.25) is 0 Å². The van der Waals surface area contributed by atoms with E-state index >= 15 is 0 Å². The molecule has 5 heteroatoms. The monoisotopic (exact) mass is 323 g/mol. The molecule has 0 spiro atoms. The van der Waals surface area contributed by atoms with Gasteiger partial charge in [0.05, 0.1) is 19.2 Å². The van der Waals surface area contributed by atoms with Gasteiger partial charge in [0.15, 0.2) is 0 Å². The lowest BCUT2D eigenvalue weighted by molar-refractivity contribution is 0.406. The van der Waals surface area contributed by atoms with Gasteiger partial charge < -0.3 is 15.5 Å². The minimum Gasteiger partial charge on any atom is -0.496 e. The van der Waals surface area contributed by atoms with Gasteiger partial charge in [0.25, 0.3) is 0 Å². The van der Waals surface area contributed by atoms with E-state index in [0.29, 0.717) is 6.54 Å². The van der Waals surface area contributed by atoms with Gasteiger partial charge in [-0.05, 0) is 47.0 Å². The topological polar surface area (TPSA) is 63.9 Å². The Balaban J connectivity index is 2.55. The lowest BCUT2D eigenvalue weighted by Gasteiger charge is -2.19. The van der Waals surface area contributed by atoms with Gasteiger partial charge in [0.2, 0.25) is 0 Å². The molecule has 19 heavy (non-hydrogen) atoms. The zero-order chi connectivity index (χ0) is 14.0. The second-order valence-electron chi connectivity index (χ2n) is 4.60. The van der Waals surface area contributed by atoms with Crippen molar-refractivity contribution in [2.45, 2.75) is 19.8 Å². The summed E-state index contributed by atoms with van der Waals surface area (Å²) in [5, 5.41) is 0. The Bertz CT molecular complexity index is 580. The number of nitrogens with zero attached hydrogens (tertiary/aromatic N) is 1. The van der Waals surface area contributed by atoms with Crippen molar-refractivity contribution >= 4 is 15.9 Å². The number of hydrogen-bond donors (Lipinski definition) is 2. The predicted octanol–water partition coefficient (Wildman–Crippen LogP) is 2.89.